The molecule has 0 radical (unpaired) electrons. The van der Waals surface area contributed by atoms with Crippen LogP contribution < -0.4 is 20.7 Å². The SMILES string of the molecule is Cc1ccc2c(c1-c1cc([Si](C)(C)C)cc([Si](C)(C)C)c1)C=C(C(C)(C)C)[CH]2[Zr]([Cl])([Cl])([CH]1C(C(C)(C)C)=Cc2c1ccc(C)c2-c1cc([Si](C)(C)C)cc([Si](C)(C)C)c1)[SiH](C)C. The molecule has 0 N–H and O–H groups in total. The van der Waals surface area contributed by atoms with Crippen LogP contribution in [0.25, 0.3) is 34.4 Å². The molecule has 0 aromatic heterocycles. The first-order valence-corrected chi connectivity index (χ1v) is 53.8. The average molecular weight is 1030 g/mol. The molecule has 2 aliphatic carbocycles. The van der Waals surface area contributed by atoms with E-state index in [9.17, 15) is 17.0 Å². The minimum absolute atomic E-state index is 0.0117. The molecule has 0 nitrogen and oxygen atoms in total. The summed E-state index contributed by atoms with van der Waals surface area (Å²) in [6, 6.07) is 25.1. The normalized spacial score (nSPS) is 18.4. The van der Waals surface area contributed by atoms with Crippen molar-refractivity contribution >= 4 is 88.1 Å². The molecule has 0 aliphatic heterocycles. The summed E-state index contributed by atoms with van der Waals surface area (Å²) < 4.78 is 0.0233. The van der Waals surface area contributed by atoms with Crippen LogP contribution in [0.15, 0.2) is 71.8 Å². The monoisotopic (exact) mass is 1030 g/mol. The number of rotatable bonds is 9. The van der Waals surface area contributed by atoms with E-state index in [1.165, 1.54) is 66.8 Å². The Morgan fingerprint density at radius 2 is 0.742 bits per heavy atom. The zero-order chi connectivity index (χ0) is 46.9. The van der Waals surface area contributed by atoms with Crippen molar-refractivity contribution in [2.75, 3.05) is 0 Å². The Morgan fingerprint density at radius 3 is 0.968 bits per heavy atom. The van der Waals surface area contributed by atoms with E-state index in [0.717, 1.165) is 0 Å². The fourth-order valence-corrected chi connectivity index (χ4v) is 46.9. The fraction of sp³-hybridized carbons (Fsp3) is 0.481. The molecule has 0 amide bonds. The first-order chi connectivity index (χ1) is 27.9. The van der Waals surface area contributed by atoms with Gasteiger partial charge in [0.15, 0.2) is 0 Å². The fourth-order valence-electron chi connectivity index (χ4n) is 10.5. The van der Waals surface area contributed by atoms with Gasteiger partial charge in [0.1, 0.15) is 0 Å². The van der Waals surface area contributed by atoms with Gasteiger partial charge in [-0.15, -0.1) is 0 Å². The molecule has 0 spiro atoms. The summed E-state index contributed by atoms with van der Waals surface area (Å²) in [7, 11) is 11.9. The first-order valence-electron chi connectivity index (χ1n) is 23.5. The van der Waals surface area contributed by atoms with E-state index in [1.807, 2.05) is 0 Å². The molecule has 62 heavy (non-hydrogen) atoms. The van der Waals surface area contributed by atoms with Crippen LogP contribution in [0.4, 0.5) is 0 Å². The Hall–Kier alpha value is -1.09. The minimum atomic E-state index is -5.19. The first kappa shape index (κ1) is 50.3. The molecule has 0 heterocycles. The zero-order valence-corrected chi connectivity index (χ0v) is 52.0. The van der Waals surface area contributed by atoms with Crippen LogP contribution in [0.3, 0.4) is 0 Å². The molecule has 0 bridgehead atoms. The molecule has 4 aromatic carbocycles. The number of hydrogen-bond acceptors (Lipinski definition) is 0. The molecule has 4 aromatic rings. The summed E-state index contributed by atoms with van der Waals surface area (Å²) >= 11 is -5.19. The van der Waals surface area contributed by atoms with Gasteiger partial charge in [-0.05, 0) is 0 Å². The van der Waals surface area contributed by atoms with Crippen molar-refractivity contribution in [3.05, 3.63) is 105 Å². The molecule has 0 saturated carbocycles. The second kappa shape index (κ2) is 16.0. The third-order valence-corrected chi connectivity index (χ3v) is 74.3. The van der Waals surface area contributed by atoms with Gasteiger partial charge in [-0.3, -0.25) is 0 Å². The van der Waals surface area contributed by atoms with Gasteiger partial charge in [-0.1, -0.05) is 0 Å². The predicted molar refractivity (Wildman–Crippen MR) is 296 cm³/mol. The molecular weight excluding hydrogens is 951 g/mol. The van der Waals surface area contributed by atoms with E-state index < -0.39 is 53.8 Å². The van der Waals surface area contributed by atoms with Gasteiger partial charge in [0, 0.05) is 0 Å². The maximum absolute atomic E-state index is 9.19. The Labute approximate surface area is 392 Å². The van der Waals surface area contributed by atoms with Gasteiger partial charge >= 0.3 is 396 Å². The van der Waals surface area contributed by atoms with Crippen LogP contribution in [0.2, 0.25) is 91.7 Å². The van der Waals surface area contributed by atoms with Crippen molar-refractivity contribution < 1.29 is 15.6 Å². The standard InChI is InChI=1S/2C26H37Si2.C2H7Si.2ClH.Zr/c2*1-18-11-12-19-13-21(26(2,3)4)16-24(19)25(18)20-14-22(27(5,6)7)17-23(15-20)28(8,9)10;1-3-2;;;/h2*11-17H,1-10H3;3H,1-2H3;2*1H;/q;;;;;+2/p-2. The van der Waals surface area contributed by atoms with Gasteiger partial charge < -0.3 is 0 Å². The van der Waals surface area contributed by atoms with Crippen molar-refractivity contribution in [1.29, 1.82) is 0 Å². The van der Waals surface area contributed by atoms with Gasteiger partial charge in [0.2, 0.25) is 0 Å². The topological polar surface area (TPSA) is 0 Å². The van der Waals surface area contributed by atoms with Gasteiger partial charge in [0.05, 0.1) is 0 Å². The molecule has 2 atom stereocenters. The Morgan fingerprint density at radius 1 is 0.468 bits per heavy atom. The van der Waals surface area contributed by atoms with Crippen LogP contribution in [0, 0.1) is 24.7 Å². The number of fused-ring (bicyclic) bond motifs is 2. The third-order valence-electron chi connectivity index (χ3n) is 14.7. The van der Waals surface area contributed by atoms with Gasteiger partial charge in [0.25, 0.3) is 0 Å². The molecule has 2 unspecified atom stereocenters. The third kappa shape index (κ3) is 8.91. The van der Waals surface area contributed by atoms with Crippen LogP contribution in [0.1, 0.15) is 82.2 Å². The van der Waals surface area contributed by atoms with Crippen LogP contribution >= 0.6 is 17.0 Å². The second-order valence-electron chi connectivity index (χ2n) is 26.1. The van der Waals surface area contributed by atoms with Crippen LogP contribution in [-0.2, 0) is 15.6 Å². The molecule has 0 saturated heterocycles. The van der Waals surface area contributed by atoms with E-state index in [0.29, 0.717) is 0 Å². The number of benzene rings is 4. The van der Waals surface area contributed by atoms with Crippen LogP contribution in [0.5, 0.6) is 0 Å². The van der Waals surface area contributed by atoms with E-state index in [2.05, 4.69) is 220 Å². The van der Waals surface area contributed by atoms with Gasteiger partial charge in [-0.25, -0.2) is 0 Å². The van der Waals surface area contributed by atoms with Crippen LogP contribution in [-0.4, -0.2) is 38.2 Å². The van der Waals surface area contributed by atoms with E-state index >= 15 is 0 Å². The van der Waals surface area contributed by atoms with E-state index in [4.69, 9.17) is 0 Å². The summed E-state index contributed by atoms with van der Waals surface area (Å²) in [5, 5.41) is 6.20. The summed E-state index contributed by atoms with van der Waals surface area (Å²) in [4.78, 5) is 0. The Balaban J connectivity index is 1.71. The molecule has 6 rings (SSSR count). The molecular formula is C54H81Cl2Si5Zr. The van der Waals surface area contributed by atoms with E-state index in [-0.39, 0.29) is 18.1 Å². The zero-order valence-electron chi connectivity index (χ0n) is 42.9. The molecule has 335 valence electrons. The van der Waals surface area contributed by atoms with Crippen molar-refractivity contribution in [2.24, 2.45) is 10.8 Å². The van der Waals surface area contributed by atoms with Crippen molar-refractivity contribution in [3.63, 3.8) is 0 Å². The number of aryl methyl sites for hydroxylation is 2. The summed E-state index contributed by atoms with van der Waals surface area (Å²) in [5.74, 6) is -1.81. The second-order valence-corrected chi connectivity index (χ2v) is 88.9. The van der Waals surface area contributed by atoms with E-state index in [1.54, 1.807) is 20.7 Å². The van der Waals surface area contributed by atoms with Crippen molar-refractivity contribution in [3.8, 4) is 22.3 Å². The Kier molecular flexibility index (Phi) is 13.0. The maximum atomic E-state index is 9.19. The average Bonchev–Trinajstić information content (AvgIpc) is 3.71. The number of allylic oxidation sites excluding steroid dienone is 2. The summed E-state index contributed by atoms with van der Waals surface area (Å²) in [5.41, 5.74) is 16.4. The number of halogens is 2. The molecule has 8 heteroatoms. The summed E-state index contributed by atoms with van der Waals surface area (Å²) in [6.45, 7) is 54.1. The number of hydrogen-bond donors (Lipinski definition) is 0. The quantitative estimate of drug-likeness (QED) is 0.147. The molecule has 0 fully saturated rings. The summed E-state index contributed by atoms with van der Waals surface area (Å²) in [6.07, 6.45) is 5.20. The van der Waals surface area contributed by atoms with Crippen molar-refractivity contribution in [1.82, 2.24) is 0 Å². The van der Waals surface area contributed by atoms with Gasteiger partial charge in [-0.2, -0.15) is 0 Å². The van der Waals surface area contributed by atoms with Crippen molar-refractivity contribution in [2.45, 2.75) is 154 Å². The molecule has 2 aliphatic rings. The predicted octanol–water partition coefficient (Wildman–Crippen LogP) is 15.5. The Bertz CT molecular complexity index is 2280.